The van der Waals surface area contributed by atoms with Crippen molar-refractivity contribution >= 4 is 34.6 Å². The molecule has 0 aliphatic heterocycles. The van der Waals surface area contributed by atoms with Gasteiger partial charge in [-0.25, -0.2) is 4.68 Å². The Balaban J connectivity index is 1.65. The van der Waals surface area contributed by atoms with Gasteiger partial charge in [-0.1, -0.05) is 30.4 Å². The summed E-state index contributed by atoms with van der Waals surface area (Å²) in [7, 11) is 2.03. The molecule has 6 nitrogen and oxygen atoms in total. The molecule has 146 valence electrons. The highest BCUT2D eigenvalue weighted by molar-refractivity contribution is 7.73. The molecule has 0 N–H and O–H groups in total. The Morgan fingerprint density at radius 1 is 1.33 bits per heavy atom. The van der Waals surface area contributed by atoms with Crippen LogP contribution < -0.4 is 9.64 Å². The molecule has 0 unspecified atom stereocenters. The van der Waals surface area contributed by atoms with Crippen molar-refractivity contribution in [3.63, 3.8) is 0 Å². The molecule has 1 aliphatic rings. The molecule has 2 aromatic rings. The van der Waals surface area contributed by atoms with Crippen molar-refractivity contribution in [2.24, 2.45) is 0 Å². The average molecular weight is 407 g/mol. The molecule has 0 radical (unpaired) electrons. The second-order valence-corrected chi connectivity index (χ2v) is 8.33. The number of amides is 1. The van der Waals surface area contributed by atoms with Gasteiger partial charge in [-0.2, -0.15) is 0 Å². The molecule has 0 saturated heterocycles. The number of benzene rings is 1. The maximum atomic E-state index is 12.3. The van der Waals surface area contributed by atoms with Crippen molar-refractivity contribution in [1.29, 1.82) is 0 Å². The van der Waals surface area contributed by atoms with Crippen LogP contribution >= 0.6 is 23.6 Å². The number of carbonyl (C=O) groups excluding carboxylic acids is 1. The topological polar surface area (TPSA) is 50.6 Å². The molecule has 8 heteroatoms. The van der Waals surface area contributed by atoms with E-state index < -0.39 is 0 Å². The normalized spacial score (nSPS) is 13.8. The van der Waals surface area contributed by atoms with Crippen LogP contribution in [0.4, 0.5) is 5.13 Å². The van der Waals surface area contributed by atoms with Gasteiger partial charge in [0.05, 0.1) is 13.3 Å². The molecule has 0 bridgehead atoms. The first-order valence-corrected chi connectivity index (χ1v) is 10.5. The van der Waals surface area contributed by atoms with Gasteiger partial charge in [0.15, 0.2) is 3.95 Å². The zero-order chi connectivity index (χ0) is 19.4. The third kappa shape index (κ3) is 5.15. The third-order valence-electron chi connectivity index (χ3n) is 4.35. The van der Waals surface area contributed by atoms with E-state index in [1.807, 2.05) is 42.6 Å². The van der Waals surface area contributed by atoms with Gasteiger partial charge < -0.3 is 4.74 Å². The lowest BCUT2D eigenvalue weighted by molar-refractivity contribution is -0.118. The van der Waals surface area contributed by atoms with Crippen LogP contribution in [-0.4, -0.2) is 40.3 Å². The Morgan fingerprint density at radius 2 is 2.04 bits per heavy atom. The first-order chi connectivity index (χ1) is 13.0. The molecule has 3 rings (SSSR count). The fourth-order valence-corrected chi connectivity index (χ4v) is 4.07. The molecule has 0 atom stereocenters. The van der Waals surface area contributed by atoms with Gasteiger partial charge in [0.2, 0.25) is 11.0 Å². The fourth-order valence-electron chi connectivity index (χ4n) is 2.90. The number of hydrogen-bond acceptors (Lipinski definition) is 6. The van der Waals surface area contributed by atoms with Crippen molar-refractivity contribution in [2.45, 2.75) is 52.4 Å². The van der Waals surface area contributed by atoms with E-state index in [0.717, 1.165) is 30.3 Å². The molecule has 1 heterocycles. The van der Waals surface area contributed by atoms with Crippen LogP contribution in [0.5, 0.6) is 5.75 Å². The highest BCUT2D eigenvalue weighted by Gasteiger charge is 2.35. The molecule has 1 fully saturated rings. The minimum absolute atomic E-state index is 0.121. The van der Waals surface area contributed by atoms with Crippen molar-refractivity contribution in [3.8, 4) is 5.75 Å². The summed E-state index contributed by atoms with van der Waals surface area (Å²) in [4.78, 5) is 16.3. The maximum Gasteiger partial charge on any atom is 0.228 e. The summed E-state index contributed by atoms with van der Waals surface area (Å²) in [5.41, 5.74) is 1.20. The van der Waals surface area contributed by atoms with Crippen LogP contribution in [-0.2, 0) is 18.0 Å². The van der Waals surface area contributed by atoms with Crippen LogP contribution in [0.2, 0.25) is 0 Å². The number of anilines is 1. The van der Waals surface area contributed by atoms with Crippen LogP contribution in [0.3, 0.4) is 0 Å². The average Bonchev–Trinajstić information content (AvgIpc) is 3.41. The number of hydrogen-bond donors (Lipinski definition) is 0. The van der Waals surface area contributed by atoms with E-state index in [1.54, 1.807) is 0 Å². The van der Waals surface area contributed by atoms with E-state index in [-0.39, 0.29) is 5.91 Å². The number of aromatic nitrogens is 2. The van der Waals surface area contributed by atoms with Crippen LogP contribution in [0.1, 0.15) is 38.7 Å². The molecule has 0 spiro atoms. The molecule has 1 aliphatic carbocycles. The molecule has 1 aromatic heterocycles. The quantitative estimate of drug-likeness (QED) is 0.588. The van der Waals surface area contributed by atoms with E-state index in [4.69, 9.17) is 17.0 Å². The van der Waals surface area contributed by atoms with Gasteiger partial charge in [0, 0.05) is 19.0 Å². The number of carbonyl (C=O) groups is 1. The second-order valence-electron chi connectivity index (χ2n) is 6.73. The van der Waals surface area contributed by atoms with Gasteiger partial charge in [0.25, 0.3) is 0 Å². The van der Waals surface area contributed by atoms with Gasteiger partial charge in [-0.05, 0) is 56.7 Å². The van der Waals surface area contributed by atoms with E-state index in [0.29, 0.717) is 29.7 Å². The number of ether oxygens (including phenoxy) is 1. The summed E-state index contributed by atoms with van der Waals surface area (Å²) < 4.78 is 7.98. The van der Waals surface area contributed by atoms with Crippen molar-refractivity contribution in [2.75, 3.05) is 18.6 Å². The Kier molecular flexibility index (Phi) is 6.62. The van der Waals surface area contributed by atoms with Gasteiger partial charge in [-0.15, -0.1) is 5.10 Å². The summed E-state index contributed by atoms with van der Waals surface area (Å²) in [5.74, 6) is 1.01. The van der Waals surface area contributed by atoms with E-state index in [9.17, 15) is 4.79 Å². The number of nitrogens with zero attached hydrogens (tertiary/aromatic N) is 4. The van der Waals surface area contributed by atoms with E-state index in [2.05, 4.69) is 22.1 Å². The standard InChI is InChI=1S/C19H26N4O2S2/c1-4-17(24)23(15-8-9-15)18-20-22(19(26)27-18)13-21(3)12-14-6-10-16(11-7-14)25-5-2/h6-7,10-11,15H,4-5,8-9,12-13H2,1-3H3. The van der Waals surface area contributed by atoms with Crippen LogP contribution in [0.15, 0.2) is 24.3 Å². The predicted molar refractivity (Wildman–Crippen MR) is 111 cm³/mol. The Morgan fingerprint density at radius 3 is 2.63 bits per heavy atom. The van der Waals surface area contributed by atoms with Crippen LogP contribution in [0, 0.1) is 3.95 Å². The zero-order valence-corrected chi connectivity index (χ0v) is 17.7. The minimum Gasteiger partial charge on any atom is -0.494 e. The monoisotopic (exact) mass is 406 g/mol. The molecule has 27 heavy (non-hydrogen) atoms. The molecule has 1 saturated carbocycles. The Labute approximate surface area is 169 Å². The molecule has 1 aromatic carbocycles. The largest absolute Gasteiger partial charge is 0.494 e. The lowest BCUT2D eigenvalue weighted by Crippen LogP contribution is -2.32. The Hall–Kier alpha value is -1.77. The van der Waals surface area contributed by atoms with Gasteiger partial charge in [0.1, 0.15) is 5.75 Å². The minimum atomic E-state index is 0.121. The third-order valence-corrected chi connectivity index (χ3v) is 5.65. The lowest BCUT2D eigenvalue weighted by Gasteiger charge is -2.19. The highest BCUT2D eigenvalue weighted by Crippen LogP contribution is 2.33. The van der Waals surface area contributed by atoms with Crippen LogP contribution in [0.25, 0.3) is 0 Å². The summed E-state index contributed by atoms with van der Waals surface area (Å²) in [6.07, 6.45) is 2.59. The Bertz CT molecular complexity index is 827. The summed E-state index contributed by atoms with van der Waals surface area (Å²) in [6.45, 7) is 5.90. The summed E-state index contributed by atoms with van der Waals surface area (Å²) in [5, 5.41) is 5.36. The highest BCUT2D eigenvalue weighted by atomic mass is 32.1. The predicted octanol–water partition coefficient (Wildman–Crippen LogP) is 4.07. The first-order valence-electron chi connectivity index (χ1n) is 9.32. The molecule has 1 amide bonds. The molecular weight excluding hydrogens is 380 g/mol. The fraction of sp³-hybridized carbons (Fsp3) is 0.526. The summed E-state index contributed by atoms with van der Waals surface area (Å²) in [6, 6.07) is 8.42. The summed E-state index contributed by atoms with van der Waals surface area (Å²) >= 11 is 6.91. The van der Waals surface area contributed by atoms with Crippen molar-refractivity contribution in [3.05, 3.63) is 33.8 Å². The van der Waals surface area contributed by atoms with Gasteiger partial charge in [-0.3, -0.25) is 14.6 Å². The number of rotatable bonds is 9. The van der Waals surface area contributed by atoms with Gasteiger partial charge >= 0.3 is 0 Å². The molecular formula is C19H26N4O2S2. The van der Waals surface area contributed by atoms with E-state index in [1.165, 1.54) is 16.9 Å². The maximum absolute atomic E-state index is 12.3. The van der Waals surface area contributed by atoms with Crippen molar-refractivity contribution < 1.29 is 9.53 Å². The second kappa shape index (κ2) is 8.95. The SMILES string of the molecule is CCOc1ccc(CN(C)Cn2nc(N(C(=O)CC)C3CC3)sc2=S)cc1. The van der Waals surface area contributed by atoms with Crippen molar-refractivity contribution in [1.82, 2.24) is 14.7 Å². The van der Waals surface area contributed by atoms with E-state index >= 15 is 0 Å². The smallest absolute Gasteiger partial charge is 0.228 e. The lowest BCUT2D eigenvalue weighted by atomic mass is 10.2. The zero-order valence-electron chi connectivity index (χ0n) is 16.1. The first kappa shape index (κ1) is 20.0.